The van der Waals surface area contributed by atoms with Crippen molar-refractivity contribution in [2.75, 3.05) is 12.3 Å². The molecule has 1 aromatic heterocycles. The second-order valence-electron chi connectivity index (χ2n) is 6.43. The molecule has 0 saturated heterocycles. The van der Waals surface area contributed by atoms with E-state index in [1.165, 1.54) is 37.4 Å². The molecule has 3 rings (SSSR count). The molecular formula is C18H23ClN4OS. The number of hydrogen-bond donors (Lipinski definition) is 2. The maximum absolute atomic E-state index is 11.9. The van der Waals surface area contributed by atoms with E-state index in [1.807, 2.05) is 24.3 Å². The molecule has 1 amide bonds. The van der Waals surface area contributed by atoms with Gasteiger partial charge >= 0.3 is 0 Å². The van der Waals surface area contributed by atoms with Gasteiger partial charge in [-0.25, -0.2) is 4.98 Å². The van der Waals surface area contributed by atoms with Gasteiger partial charge in [-0.15, -0.1) is 5.10 Å². The van der Waals surface area contributed by atoms with Gasteiger partial charge in [-0.3, -0.25) is 9.89 Å². The normalized spacial score (nSPS) is 14.8. The maximum atomic E-state index is 11.9. The van der Waals surface area contributed by atoms with E-state index in [-0.39, 0.29) is 5.91 Å². The predicted molar refractivity (Wildman–Crippen MR) is 101 cm³/mol. The SMILES string of the molecule is O=C(CSc1n[nH]c(CC2CCCC2)n1)NCCc1ccc(Cl)cc1. The summed E-state index contributed by atoms with van der Waals surface area (Å²) < 4.78 is 0. The molecular weight excluding hydrogens is 356 g/mol. The molecule has 1 aromatic carbocycles. The van der Waals surface area contributed by atoms with Crippen LogP contribution < -0.4 is 5.32 Å². The molecule has 1 saturated carbocycles. The van der Waals surface area contributed by atoms with E-state index in [1.54, 1.807) is 0 Å². The Morgan fingerprint density at radius 1 is 1.28 bits per heavy atom. The van der Waals surface area contributed by atoms with E-state index >= 15 is 0 Å². The Morgan fingerprint density at radius 3 is 2.80 bits per heavy atom. The molecule has 5 nitrogen and oxygen atoms in total. The zero-order valence-electron chi connectivity index (χ0n) is 14.1. The number of aromatic amines is 1. The molecule has 2 aromatic rings. The van der Waals surface area contributed by atoms with E-state index in [9.17, 15) is 4.79 Å². The second kappa shape index (κ2) is 9.25. The van der Waals surface area contributed by atoms with Crippen LogP contribution in [0.3, 0.4) is 0 Å². The highest BCUT2D eigenvalue weighted by atomic mass is 35.5. The summed E-state index contributed by atoms with van der Waals surface area (Å²) >= 11 is 7.23. The van der Waals surface area contributed by atoms with Crippen LogP contribution in [0.5, 0.6) is 0 Å². The fourth-order valence-electron chi connectivity index (χ4n) is 3.10. The van der Waals surface area contributed by atoms with Crippen LogP contribution >= 0.6 is 23.4 Å². The third-order valence-electron chi connectivity index (χ3n) is 4.45. The molecule has 1 aliphatic rings. The van der Waals surface area contributed by atoms with Gasteiger partial charge < -0.3 is 5.32 Å². The molecule has 0 spiro atoms. The minimum absolute atomic E-state index is 0.00102. The Kier molecular flexibility index (Phi) is 6.76. The number of aromatic nitrogens is 3. The lowest BCUT2D eigenvalue weighted by Crippen LogP contribution is -2.27. The van der Waals surface area contributed by atoms with Gasteiger partial charge in [0.25, 0.3) is 0 Å². The molecule has 1 fully saturated rings. The second-order valence-corrected chi connectivity index (χ2v) is 7.81. The summed E-state index contributed by atoms with van der Waals surface area (Å²) in [5.74, 6) is 2.02. The third kappa shape index (κ3) is 6.04. The monoisotopic (exact) mass is 378 g/mol. The van der Waals surface area contributed by atoms with Gasteiger partial charge in [-0.1, -0.05) is 61.2 Å². The summed E-state index contributed by atoms with van der Waals surface area (Å²) in [6, 6.07) is 7.67. The molecule has 25 heavy (non-hydrogen) atoms. The number of benzene rings is 1. The van der Waals surface area contributed by atoms with Gasteiger partial charge in [0.1, 0.15) is 5.82 Å². The number of carbonyl (C=O) groups is 1. The van der Waals surface area contributed by atoms with Crippen molar-refractivity contribution in [1.82, 2.24) is 20.5 Å². The largest absolute Gasteiger partial charge is 0.355 e. The summed E-state index contributed by atoms with van der Waals surface area (Å²) in [5, 5.41) is 11.5. The first-order valence-electron chi connectivity index (χ1n) is 8.74. The van der Waals surface area contributed by atoms with Gasteiger partial charge in [-0.2, -0.15) is 0 Å². The number of nitrogens with zero attached hydrogens (tertiary/aromatic N) is 2. The zero-order valence-corrected chi connectivity index (χ0v) is 15.7. The predicted octanol–water partition coefficient (Wildman–Crippen LogP) is 3.64. The number of hydrogen-bond acceptors (Lipinski definition) is 4. The lowest BCUT2D eigenvalue weighted by Gasteiger charge is -2.05. The maximum Gasteiger partial charge on any atom is 0.230 e. The van der Waals surface area contributed by atoms with Crippen molar-refractivity contribution in [3.05, 3.63) is 40.7 Å². The molecule has 0 bridgehead atoms. The van der Waals surface area contributed by atoms with Crippen LogP contribution in [0.25, 0.3) is 0 Å². The fraction of sp³-hybridized carbons (Fsp3) is 0.500. The van der Waals surface area contributed by atoms with Crippen LogP contribution in [0, 0.1) is 5.92 Å². The fourth-order valence-corrected chi connectivity index (χ4v) is 3.87. The lowest BCUT2D eigenvalue weighted by molar-refractivity contribution is -0.118. The Labute approximate surface area is 157 Å². The molecule has 0 unspecified atom stereocenters. The van der Waals surface area contributed by atoms with Gasteiger partial charge in [-0.05, 0) is 30.0 Å². The quantitative estimate of drug-likeness (QED) is 0.688. The van der Waals surface area contributed by atoms with E-state index in [0.717, 1.165) is 35.2 Å². The number of amides is 1. The van der Waals surface area contributed by atoms with E-state index in [0.29, 0.717) is 17.5 Å². The zero-order chi connectivity index (χ0) is 17.5. The highest BCUT2D eigenvalue weighted by molar-refractivity contribution is 7.99. The van der Waals surface area contributed by atoms with Crippen molar-refractivity contribution in [3.8, 4) is 0 Å². The highest BCUT2D eigenvalue weighted by Gasteiger charge is 2.17. The number of rotatable bonds is 8. The van der Waals surface area contributed by atoms with Gasteiger partial charge in [0.2, 0.25) is 11.1 Å². The van der Waals surface area contributed by atoms with E-state index < -0.39 is 0 Å². The molecule has 1 heterocycles. The molecule has 134 valence electrons. The van der Waals surface area contributed by atoms with Crippen molar-refractivity contribution < 1.29 is 4.79 Å². The Hall–Kier alpha value is -1.53. The van der Waals surface area contributed by atoms with Crippen LogP contribution in [0.1, 0.15) is 37.1 Å². The average Bonchev–Trinajstić information content (AvgIpc) is 3.27. The summed E-state index contributed by atoms with van der Waals surface area (Å²) in [4.78, 5) is 16.4. The highest BCUT2D eigenvalue weighted by Crippen LogP contribution is 2.27. The van der Waals surface area contributed by atoms with Gasteiger partial charge in [0.15, 0.2) is 0 Å². The Morgan fingerprint density at radius 2 is 2.04 bits per heavy atom. The summed E-state index contributed by atoms with van der Waals surface area (Å²) in [5.41, 5.74) is 1.16. The topological polar surface area (TPSA) is 70.7 Å². The lowest BCUT2D eigenvalue weighted by atomic mass is 10.0. The minimum Gasteiger partial charge on any atom is -0.355 e. The van der Waals surface area contributed by atoms with Crippen LogP contribution in [-0.2, 0) is 17.6 Å². The molecule has 1 aliphatic carbocycles. The number of carbonyl (C=O) groups excluding carboxylic acids is 1. The van der Waals surface area contributed by atoms with Crippen LogP contribution in [0.2, 0.25) is 5.02 Å². The van der Waals surface area contributed by atoms with Crippen molar-refractivity contribution in [2.45, 2.75) is 43.7 Å². The number of H-pyrrole nitrogens is 1. The van der Waals surface area contributed by atoms with E-state index in [4.69, 9.17) is 11.6 Å². The summed E-state index contributed by atoms with van der Waals surface area (Å²) in [6.07, 6.45) is 7.01. The smallest absolute Gasteiger partial charge is 0.230 e. The van der Waals surface area contributed by atoms with Crippen molar-refractivity contribution >= 4 is 29.3 Å². The number of halogens is 1. The Balaban J connectivity index is 1.34. The van der Waals surface area contributed by atoms with Gasteiger partial charge in [0.05, 0.1) is 5.75 Å². The first-order chi connectivity index (χ1) is 12.2. The molecule has 7 heteroatoms. The molecule has 0 aliphatic heterocycles. The molecule has 0 radical (unpaired) electrons. The summed E-state index contributed by atoms with van der Waals surface area (Å²) in [6.45, 7) is 0.613. The third-order valence-corrected chi connectivity index (χ3v) is 5.55. The van der Waals surface area contributed by atoms with Crippen molar-refractivity contribution in [3.63, 3.8) is 0 Å². The minimum atomic E-state index is 0.00102. The first kappa shape index (κ1) is 18.3. The van der Waals surface area contributed by atoms with E-state index in [2.05, 4.69) is 20.5 Å². The van der Waals surface area contributed by atoms with Crippen molar-refractivity contribution in [1.29, 1.82) is 0 Å². The first-order valence-corrected chi connectivity index (χ1v) is 10.1. The average molecular weight is 379 g/mol. The van der Waals surface area contributed by atoms with Crippen LogP contribution in [0.4, 0.5) is 0 Å². The Bertz CT molecular complexity index is 683. The molecule has 2 N–H and O–H groups in total. The van der Waals surface area contributed by atoms with Crippen LogP contribution in [0.15, 0.2) is 29.4 Å². The van der Waals surface area contributed by atoms with Crippen molar-refractivity contribution in [2.24, 2.45) is 5.92 Å². The summed E-state index contributed by atoms with van der Waals surface area (Å²) in [7, 11) is 0. The van der Waals surface area contributed by atoms with Crippen LogP contribution in [-0.4, -0.2) is 33.4 Å². The number of thioether (sulfide) groups is 1. The molecule has 0 atom stereocenters. The number of nitrogens with one attached hydrogen (secondary N) is 2. The van der Waals surface area contributed by atoms with Gasteiger partial charge in [0, 0.05) is 18.0 Å². The standard InChI is InChI=1S/C18H23ClN4OS/c19-15-7-5-13(6-8-15)9-10-20-17(24)12-25-18-21-16(22-23-18)11-14-3-1-2-4-14/h5-8,14H,1-4,9-12H2,(H,20,24)(H,21,22,23).